The van der Waals surface area contributed by atoms with Gasteiger partial charge in [0.25, 0.3) is 0 Å². The molecule has 0 spiro atoms. The molecular formula is C11H20N2O2. The average molecular weight is 212 g/mol. The Kier molecular flexibility index (Phi) is 3.59. The molecule has 2 heterocycles. The maximum absolute atomic E-state index is 11.6. The van der Waals surface area contributed by atoms with E-state index in [1.807, 2.05) is 0 Å². The minimum Gasteiger partial charge on any atom is -0.378 e. The van der Waals surface area contributed by atoms with Crippen LogP contribution in [0.15, 0.2) is 0 Å². The number of ether oxygens (including phenoxy) is 1. The van der Waals surface area contributed by atoms with Gasteiger partial charge in [0.2, 0.25) is 5.91 Å². The fourth-order valence-electron chi connectivity index (χ4n) is 2.23. The van der Waals surface area contributed by atoms with Crippen molar-refractivity contribution in [3.63, 3.8) is 0 Å². The van der Waals surface area contributed by atoms with Crippen molar-refractivity contribution in [1.29, 1.82) is 0 Å². The molecule has 2 N–H and O–H groups in total. The molecule has 0 bridgehead atoms. The Bertz CT molecular complexity index is 229. The largest absolute Gasteiger partial charge is 0.378 e. The number of hydrogen-bond donors (Lipinski definition) is 2. The van der Waals surface area contributed by atoms with E-state index in [1.165, 1.54) is 0 Å². The van der Waals surface area contributed by atoms with E-state index in [1.54, 1.807) is 0 Å². The summed E-state index contributed by atoms with van der Waals surface area (Å²) < 4.78 is 5.58. The van der Waals surface area contributed by atoms with Crippen molar-refractivity contribution in [1.82, 2.24) is 10.6 Å². The second-order valence-electron chi connectivity index (χ2n) is 4.47. The molecule has 0 aromatic rings. The van der Waals surface area contributed by atoms with Gasteiger partial charge in [0.1, 0.15) is 0 Å². The van der Waals surface area contributed by atoms with Gasteiger partial charge in [-0.15, -0.1) is 0 Å². The summed E-state index contributed by atoms with van der Waals surface area (Å²) >= 11 is 0. The first kappa shape index (κ1) is 10.9. The Hall–Kier alpha value is -0.610. The molecule has 2 rings (SSSR count). The smallest absolute Gasteiger partial charge is 0.225 e. The quantitative estimate of drug-likeness (QED) is 0.697. The summed E-state index contributed by atoms with van der Waals surface area (Å²) in [6, 6.07) is 0. The van der Waals surface area contributed by atoms with Crippen LogP contribution in [-0.2, 0) is 9.53 Å². The van der Waals surface area contributed by atoms with E-state index in [0.717, 1.165) is 39.1 Å². The molecule has 2 unspecified atom stereocenters. The first-order chi connectivity index (χ1) is 7.31. The molecule has 0 saturated carbocycles. The monoisotopic (exact) mass is 212 g/mol. The van der Waals surface area contributed by atoms with Crippen LogP contribution in [0.1, 0.15) is 19.8 Å². The van der Waals surface area contributed by atoms with Crippen LogP contribution in [0.25, 0.3) is 0 Å². The topological polar surface area (TPSA) is 50.4 Å². The highest BCUT2D eigenvalue weighted by Gasteiger charge is 2.29. The van der Waals surface area contributed by atoms with Crippen molar-refractivity contribution in [2.45, 2.75) is 25.9 Å². The lowest BCUT2D eigenvalue weighted by Crippen LogP contribution is -2.51. The van der Waals surface area contributed by atoms with E-state index in [9.17, 15) is 4.79 Å². The van der Waals surface area contributed by atoms with Crippen LogP contribution in [0, 0.1) is 11.8 Å². The van der Waals surface area contributed by atoms with Crippen LogP contribution in [0.5, 0.6) is 0 Å². The zero-order valence-electron chi connectivity index (χ0n) is 9.29. The Morgan fingerprint density at radius 2 is 2.33 bits per heavy atom. The van der Waals surface area contributed by atoms with Gasteiger partial charge in [-0.25, -0.2) is 0 Å². The van der Waals surface area contributed by atoms with Crippen LogP contribution in [0.3, 0.4) is 0 Å². The maximum Gasteiger partial charge on any atom is 0.225 e. The molecule has 4 nitrogen and oxygen atoms in total. The summed E-state index contributed by atoms with van der Waals surface area (Å²) in [5.41, 5.74) is 0. The summed E-state index contributed by atoms with van der Waals surface area (Å²) in [7, 11) is 0. The molecule has 2 fully saturated rings. The van der Waals surface area contributed by atoms with Gasteiger partial charge in [-0.2, -0.15) is 0 Å². The fourth-order valence-corrected chi connectivity index (χ4v) is 2.23. The van der Waals surface area contributed by atoms with Crippen LogP contribution in [0.4, 0.5) is 0 Å². The molecule has 2 aliphatic rings. The van der Waals surface area contributed by atoms with E-state index in [-0.39, 0.29) is 11.8 Å². The highest BCUT2D eigenvalue weighted by molar-refractivity contribution is 5.79. The zero-order valence-corrected chi connectivity index (χ0v) is 9.29. The van der Waals surface area contributed by atoms with E-state index >= 15 is 0 Å². The lowest BCUT2D eigenvalue weighted by atomic mass is 9.98. The molecule has 2 aliphatic heterocycles. The van der Waals surface area contributed by atoms with Gasteiger partial charge >= 0.3 is 0 Å². The van der Waals surface area contributed by atoms with Crippen molar-refractivity contribution >= 4 is 5.91 Å². The van der Waals surface area contributed by atoms with Crippen LogP contribution in [0.2, 0.25) is 0 Å². The third-order valence-corrected chi connectivity index (χ3v) is 3.44. The highest BCUT2D eigenvalue weighted by atomic mass is 16.5. The first-order valence-electron chi connectivity index (χ1n) is 5.91. The van der Waals surface area contributed by atoms with Crippen LogP contribution < -0.4 is 10.6 Å². The second-order valence-corrected chi connectivity index (χ2v) is 4.47. The minimum absolute atomic E-state index is 0.201. The summed E-state index contributed by atoms with van der Waals surface area (Å²) in [6.45, 7) is 5.45. The van der Waals surface area contributed by atoms with Gasteiger partial charge in [-0.05, 0) is 12.8 Å². The lowest BCUT2D eigenvalue weighted by Gasteiger charge is -2.27. The zero-order chi connectivity index (χ0) is 10.7. The summed E-state index contributed by atoms with van der Waals surface area (Å²) in [5.74, 6) is 0.926. The number of hydrogen-bond acceptors (Lipinski definition) is 3. The van der Waals surface area contributed by atoms with Crippen molar-refractivity contribution in [2.24, 2.45) is 11.8 Å². The molecule has 1 amide bonds. The standard InChI is InChI=1S/C11H20N2O2/c1-2-10-8(3-4-15-10)7-13-11(14)9-5-12-6-9/h8-10,12H,2-7H2,1H3,(H,13,14). The van der Waals surface area contributed by atoms with E-state index in [0.29, 0.717) is 12.0 Å². The normalized spacial score (nSPS) is 31.3. The summed E-state index contributed by atoms with van der Waals surface area (Å²) in [5, 5.41) is 6.14. The molecule has 86 valence electrons. The predicted molar refractivity (Wildman–Crippen MR) is 57.5 cm³/mol. The Labute approximate surface area is 90.8 Å². The molecule has 4 heteroatoms. The highest BCUT2D eigenvalue weighted by Crippen LogP contribution is 2.22. The predicted octanol–water partition coefficient (Wildman–Crippen LogP) is 0.137. The van der Waals surface area contributed by atoms with Crippen molar-refractivity contribution in [2.75, 3.05) is 26.2 Å². The number of carbonyl (C=O) groups is 1. The third kappa shape index (κ3) is 2.49. The summed E-state index contributed by atoms with van der Waals surface area (Å²) in [6.07, 6.45) is 2.48. The number of nitrogens with one attached hydrogen (secondary N) is 2. The average Bonchev–Trinajstić information content (AvgIpc) is 2.58. The van der Waals surface area contributed by atoms with Gasteiger partial charge in [0.05, 0.1) is 12.0 Å². The molecule has 0 aromatic carbocycles. The van der Waals surface area contributed by atoms with E-state index in [2.05, 4.69) is 17.6 Å². The minimum atomic E-state index is 0.201. The van der Waals surface area contributed by atoms with Crippen LogP contribution in [-0.4, -0.2) is 38.3 Å². The molecule has 0 radical (unpaired) electrons. The Balaban J connectivity index is 1.70. The van der Waals surface area contributed by atoms with Crippen molar-refractivity contribution in [3.05, 3.63) is 0 Å². The molecule has 0 aromatic heterocycles. The van der Waals surface area contributed by atoms with Gasteiger partial charge in [0, 0.05) is 32.2 Å². The van der Waals surface area contributed by atoms with E-state index < -0.39 is 0 Å². The van der Waals surface area contributed by atoms with Gasteiger partial charge in [-0.3, -0.25) is 4.79 Å². The van der Waals surface area contributed by atoms with Gasteiger partial charge in [-0.1, -0.05) is 6.92 Å². The van der Waals surface area contributed by atoms with E-state index in [4.69, 9.17) is 4.74 Å². The number of amides is 1. The molecular weight excluding hydrogens is 192 g/mol. The number of carbonyl (C=O) groups excluding carboxylic acids is 1. The molecule has 15 heavy (non-hydrogen) atoms. The van der Waals surface area contributed by atoms with Gasteiger partial charge in [0.15, 0.2) is 0 Å². The summed E-state index contributed by atoms with van der Waals surface area (Å²) in [4.78, 5) is 11.6. The van der Waals surface area contributed by atoms with Crippen molar-refractivity contribution in [3.8, 4) is 0 Å². The fraction of sp³-hybridized carbons (Fsp3) is 0.909. The third-order valence-electron chi connectivity index (χ3n) is 3.44. The van der Waals surface area contributed by atoms with Crippen LogP contribution >= 0.6 is 0 Å². The molecule has 2 atom stereocenters. The first-order valence-corrected chi connectivity index (χ1v) is 5.91. The number of rotatable bonds is 4. The molecule has 2 saturated heterocycles. The SMILES string of the molecule is CCC1OCCC1CNC(=O)C1CNC1. The Morgan fingerprint density at radius 3 is 2.93 bits per heavy atom. The maximum atomic E-state index is 11.6. The lowest BCUT2D eigenvalue weighted by molar-refractivity contribution is -0.126. The Morgan fingerprint density at radius 1 is 1.53 bits per heavy atom. The van der Waals surface area contributed by atoms with Crippen molar-refractivity contribution < 1.29 is 9.53 Å². The molecule has 0 aliphatic carbocycles. The second kappa shape index (κ2) is 4.94. The van der Waals surface area contributed by atoms with Gasteiger partial charge < -0.3 is 15.4 Å².